The molecule has 0 unspecified atom stereocenters. The van der Waals surface area contributed by atoms with E-state index in [0.717, 1.165) is 0 Å². The van der Waals surface area contributed by atoms with Gasteiger partial charge in [-0.05, 0) is 6.07 Å². The Balaban J connectivity index is 0.00000162. The molecule has 0 aliphatic heterocycles. The van der Waals surface area contributed by atoms with Crippen LogP contribution in [-0.2, 0) is 17.1 Å². The second kappa shape index (κ2) is 5.92. The van der Waals surface area contributed by atoms with E-state index in [-0.39, 0.29) is 17.1 Å². The second-order valence-electron chi connectivity index (χ2n) is 3.32. The van der Waals surface area contributed by atoms with E-state index in [9.17, 15) is 0 Å². The van der Waals surface area contributed by atoms with Crippen molar-refractivity contribution >= 4 is 22.5 Å². The van der Waals surface area contributed by atoms with Crippen LogP contribution in [0.25, 0.3) is 10.9 Å². The molecular weight excluding hydrogens is 303 g/mol. The third-order valence-electron chi connectivity index (χ3n) is 2.43. The molecule has 4 nitrogen and oxygen atoms in total. The second-order valence-corrected chi connectivity index (χ2v) is 3.70. The number of methoxy groups -OCH3 is 2. The normalized spacial score (nSPS) is 9.44. The number of ether oxygens (including phenoxy) is 2. The number of benzene rings is 1. The van der Waals surface area contributed by atoms with Crippen LogP contribution in [-0.4, -0.2) is 19.2 Å². The van der Waals surface area contributed by atoms with Gasteiger partial charge in [0, 0.05) is 34.7 Å². The van der Waals surface area contributed by atoms with Gasteiger partial charge in [-0.1, -0.05) is 11.6 Å². The van der Waals surface area contributed by atoms with Crippen LogP contribution in [0.15, 0.2) is 18.3 Å². The van der Waals surface area contributed by atoms with E-state index in [1.54, 1.807) is 26.4 Å². The topological polar surface area (TPSA) is 55.1 Å². The van der Waals surface area contributed by atoms with Gasteiger partial charge in [0.05, 0.1) is 30.3 Å². The average molecular weight is 312 g/mol. The van der Waals surface area contributed by atoms with E-state index in [1.807, 2.05) is 6.07 Å². The van der Waals surface area contributed by atoms with E-state index in [1.165, 1.54) is 6.20 Å². The Labute approximate surface area is 120 Å². The van der Waals surface area contributed by atoms with Gasteiger partial charge in [-0.3, -0.25) is 4.98 Å². The summed E-state index contributed by atoms with van der Waals surface area (Å²) in [6.07, 6.45) is 1.44. The molecule has 0 saturated carbocycles. The van der Waals surface area contributed by atoms with Crippen LogP contribution in [0.1, 0.15) is 5.56 Å². The van der Waals surface area contributed by atoms with Crippen LogP contribution in [0.4, 0.5) is 0 Å². The largest absolute Gasteiger partial charge is 0.493 e. The molecule has 0 amide bonds. The SMILES string of the molecule is COc1cc2ncc(C#N)c(Cl)c2cc1OC.[Cu]. The molecule has 0 N–H and O–H groups in total. The number of pyridine rings is 1. The number of nitriles is 1. The van der Waals surface area contributed by atoms with Gasteiger partial charge in [-0.15, -0.1) is 0 Å². The zero-order valence-corrected chi connectivity index (χ0v) is 11.3. The molecular formula is C12H9ClCuN2O2. The maximum absolute atomic E-state index is 8.87. The number of halogens is 1. The maximum atomic E-state index is 8.87. The van der Waals surface area contributed by atoms with Crippen LogP contribution >= 0.6 is 11.6 Å². The molecule has 18 heavy (non-hydrogen) atoms. The molecule has 1 heterocycles. The molecule has 0 atom stereocenters. The van der Waals surface area contributed by atoms with E-state index in [0.29, 0.717) is 33.0 Å². The average Bonchev–Trinajstić information content (AvgIpc) is 2.38. The summed E-state index contributed by atoms with van der Waals surface area (Å²) >= 11 is 6.11. The Kier molecular flexibility index (Phi) is 4.80. The minimum absolute atomic E-state index is 0. The van der Waals surface area contributed by atoms with Crippen molar-refractivity contribution in [1.82, 2.24) is 4.98 Å². The van der Waals surface area contributed by atoms with Crippen molar-refractivity contribution in [1.29, 1.82) is 5.26 Å². The standard InChI is InChI=1S/C12H9ClN2O2.Cu/c1-16-10-3-8-9(4-11(10)17-2)15-6-7(5-14)12(8)13;/h3-4,6H,1-2H3;. The fourth-order valence-electron chi connectivity index (χ4n) is 1.56. The molecule has 0 aliphatic carbocycles. The third kappa shape index (κ3) is 2.37. The number of hydrogen-bond acceptors (Lipinski definition) is 4. The van der Waals surface area contributed by atoms with Crippen LogP contribution < -0.4 is 9.47 Å². The predicted octanol–water partition coefficient (Wildman–Crippen LogP) is 2.77. The summed E-state index contributed by atoms with van der Waals surface area (Å²) < 4.78 is 10.3. The van der Waals surface area contributed by atoms with Crippen molar-refractivity contribution in [3.63, 3.8) is 0 Å². The molecule has 1 radical (unpaired) electrons. The summed E-state index contributed by atoms with van der Waals surface area (Å²) in [6, 6.07) is 5.42. The Morgan fingerprint density at radius 2 is 1.83 bits per heavy atom. The molecule has 0 aliphatic rings. The van der Waals surface area contributed by atoms with Crippen LogP contribution in [0, 0.1) is 11.3 Å². The first-order valence-electron chi connectivity index (χ1n) is 4.81. The summed E-state index contributed by atoms with van der Waals surface area (Å²) in [6.45, 7) is 0. The summed E-state index contributed by atoms with van der Waals surface area (Å²) in [5.41, 5.74) is 0.998. The van der Waals surface area contributed by atoms with E-state index >= 15 is 0 Å². The zero-order chi connectivity index (χ0) is 12.4. The number of fused-ring (bicyclic) bond motifs is 1. The van der Waals surface area contributed by atoms with Crippen molar-refractivity contribution in [3.05, 3.63) is 28.9 Å². The first-order chi connectivity index (χ1) is 8.21. The molecule has 1 aromatic heterocycles. The van der Waals surface area contributed by atoms with Gasteiger partial charge in [0.25, 0.3) is 0 Å². The summed E-state index contributed by atoms with van der Waals surface area (Å²) in [5, 5.41) is 9.92. The number of aromatic nitrogens is 1. The fourth-order valence-corrected chi connectivity index (χ4v) is 1.81. The van der Waals surface area contributed by atoms with Crippen molar-refractivity contribution in [2.75, 3.05) is 14.2 Å². The quantitative estimate of drug-likeness (QED) is 0.800. The molecule has 1 aromatic carbocycles. The molecule has 2 rings (SSSR count). The molecule has 0 saturated heterocycles. The Bertz CT molecular complexity index is 625. The zero-order valence-electron chi connectivity index (χ0n) is 9.62. The fraction of sp³-hybridized carbons (Fsp3) is 0.167. The monoisotopic (exact) mass is 311 g/mol. The first kappa shape index (κ1) is 14.6. The van der Waals surface area contributed by atoms with Crippen molar-refractivity contribution < 1.29 is 26.5 Å². The van der Waals surface area contributed by atoms with E-state index < -0.39 is 0 Å². The molecule has 0 fully saturated rings. The van der Waals surface area contributed by atoms with Gasteiger partial charge < -0.3 is 9.47 Å². The number of nitrogens with zero attached hydrogens (tertiary/aromatic N) is 2. The van der Waals surface area contributed by atoms with Crippen molar-refractivity contribution in [2.45, 2.75) is 0 Å². The van der Waals surface area contributed by atoms with Crippen molar-refractivity contribution in [2.24, 2.45) is 0 Å². The number of rotatable bonds is 2. The van der Waals surface area contributed by atoms with Crippen LogP contribution in [0.5, 0.6) is 11.5 Å². The van der Waals surface area contributed by atoms with Gasteiger partial charge in [0.15, 0.2) is 11.5 Å². The Morgan fingerprint density at radius 3 is 2.39 bits per heavy atom. The molecule has 97 valence electrons. The minimum atomic E-state index is 0. The van der Waals surface area contributed by atoms with Crippen LogP contribution in [0.3, 0.4) is 0 Å². The summed E-state index contributed by atoms with van der Waals surface area (Å²) in [7, 11) is 3.09. The van der Waals surface area contributed by atoms with Gasteiger partial charge in [0.2, 0.25) is 0 Å². The molecule has 0 bridgehead atoms. The van der Waals surface area contributed by atoms with Crippen LogP contribution in [0.2, 0.25) is 5.02 Å². The van der Waals surface area contributed by atoms with E-state index in [2.05, 4.69) is 4.98 Å². The third-order valence-corrected chi connectivity index (χ3v) is 2.84. The smallest absolute Gasteiger partial charge is 0.162 e. The molecule has 6 heteroatoms. The van der Waals surface area contributed by atoms with Gasteiger partial charge >= 0.3 is 0 Å². The Morgan fingerprint density at radius 1 is 1.22 bits per heavy atom. The van der Waals surface area contributed by atoms with E-state index in [4.69, 9.17) is 26.3 Å². The Hall–Kier alpha value is -1.47. The predicted molar refractivity (Wildman–Crippen MR) is 64.6 cm³/mol. The maximum Gasteiger partial charge on any atom is 0.162 e. The number of hydrogen-bond donors (Lipinski definition) is 0. The van der Waals surface area contributed by atoms with Crippen molar-refractivity contribution in [3.8, 4) is 17.6 Å². The van der Waals surface area contributed by atoms with Gasteiger partial charge in [-0.25, -0.2) is 0 Å². The molecule has 2 aromatic rings. The van der Waals surface area contributed by atoms with Gasteiger partial charge in [-0.2, -0.15) is 5.26 Å². The minimum Gasteiger partial charge on any atom is -0.493 e. The summed E-state index contributed by atoms with van der Waals surface area (Å²) in [4.78, 5) is 4.15. The van der Waals surface area contributed by atoms with Gasteiger partial charge in [0.1, 0.15) is 6.07 Å². The summed E-state index contributed by atoms with van der Waals surface area (Å²) in [5.74, 6) is 1.13. The molecule has 0 spiro atoms. The first-order valence-corrected chi connectivity index (χ1v) is 5.19.